The van der Waals surface area contributed by atoms with E-state index in [4.69, 9.17) is 14.0 Å². The van der Waals surface area contributed by atoms with Gasteiger partial charge in [0.1, 0.15) is 0 Å². The van der Waals surface area contributed by atoms with Crippen LogP contribution in [0.2, 0.25) is 0 Å². The van der Waals surface area contributed by atoms with E-state index < -0.39 is 11.9 Å². The van der Waals surface area contributed by atoms with Crippen molar-refractivity contribution in [3.05, 3.63) is 41.6 Å². The van der Waals surface area contributed by atoms with Crippen LogP contribution >= 0.6 is 0 Å². The van der Waals surface area contributed by atoms with Gasteiger partial charge in [0.2, 0.25) is 5.88 Å². The zero-order valence-corrected chi connectivity index (χ0v) is 13.2. The summed E-state index contributed by atoms with van der Waals surface area (Å²) < 4.78 is 15.2. The van der Waals surface area contributed by atoms with Gasteiger partial charge in [-0.3, -0.25) is 4.79 Å². The highest BCUT2D eigenvalue weighted by molar-refractivity contribution is 6.07. The summed E-state index contributed by atoms with van der Waals surface area (Å²) in [6.07, 6.45) is 0. The monoisotopic (exact) mass is 331 g/mol. The lowest BCUT2D eigenvalue weighted by Crippen LogP contribution is -2.35. The van der Waals surface area contributed by atoms with Crippen LogP contribution in [0.5, 0.6) is 0 Å². The molecule has 0 bridgehead atoms. The molecule has 1 amide bonds. The number of methoxy groups -OCH3 is 1. The van der Waals surface area contributed by atoms with Gasteiger partial charge in [0.05, 0.1) is 31.6 Å². The van der Waals surface area contributed by atoms with E-state index in [0.717, 1.165) is 0 Å². The normalized spacial score (nSPS) is 14.3. The molecule has 0 saturated carbocycles. The van der Waals surface area contributed by atoms with Crippen LogP contribution in [-0.4, -0.2) is 50.4 Å². The minimum absolute atomic E-state index is 0.135. The third kappa shape index (κ3) is 3.38. The Morgan fingerprint density at radius 1 is 1.25 bits per heavy atom. The second-order valence-electron chi connectivity index (χ2n) is 5.14. The topological polar surface area (TPSA) is 93.9 Å². The molecule has 1 N–H and O–H groups in total. The number of esters is 1. The van der Waals surface area contributed by atoms with E-state index >= 15 is 0 Å². The Hall–Kier alpha value is -2.87. The molecular weight excluding hydrogens is 314 g/mol. The van der Waals surface area contributed by atoms with E-state index in [-0.39, 0.29) is 11.3 Å². The van der Waals surface area contributed by atoms with Crippen LogP contribution in [0.4, 0.5) is 11.6 Å². The molecule has 3 rings (SSSR count). The number of hydrogen-bond acceptors (Lipinski definition) is 7. The number of hydrogen-bond donors (Lipinski definition) is 1. The van der Waals surface area contributed by atoms with Gasteiger partial charge in [-0.05, 0) is 12.1 Å². The predicted octanol–water partition coefficient (Wildman–Crippen LogP) is 1.55. The van der Waals surface area contributed by atoms with E-state index in [0.29, 0.717) is 37.9 Å². The van der Waals surface area contributed by atoms with Gasteiger partial charge >= 0.3 is 5.97 Å². The number of morpholine rings is 1. The van der Waals surface area contributed by atoms with Crippen molar-refractivity contribution in [3.63, 3.8) is 0 Å². The minimum Gasteiger partial charge on any atom is -0.465 e. The van der Waals surface area contributed by atoms with Gasteiger partial charge in [0, 0.05) is 19.2 Å². The Bertz CT molecular complexity index is 737. The van der Waals surface area contributed by atoms with Crippen molar-refractivity contribution in [2.24, 2.45) is 0 Å². The van der Waals surface area contributed by atoms with Crippen molar-refractivity contribution in [1.29, 1.82) is 0 Å². The van der Waals surface area contributed by atoms with Crippen LogP contribution in [0.3, 0.4) is 0 Å². The minimum atomic E-state index is -0.528. The second-order valence-corrected chi connectivity index (χ2v) is 5.14. The van der Waals surface area contributed by atoms with Crippen molar-refractivity contribution in [2.75, 3.05) is 43.6 Å². The molecule has 126 valence electrons. The molecule has 0 unspecified atom stereocenters. The molecule has 0 spiro atoms. The molecule has 8 nitrogen and oxygen atoms in total. The number of benzene rings is 1. The molecular formula is C16H17N3O5. The van der Waals surface area contributed by atoms with E-state index in [1.54, 1.807) is 30.3 Å². The molecule has 2 heterocycles. The molecule has 0 aliphatic carbocycles. The van der Waals surface area contributed by atoms with Crippen LogP contribution in [0.15, 0.2) is 34.9 Å². The predicted molar refractivity (Wildman–Crippen MR) is 85.3 cm³/mol. The maximum absolute atomic E-state index is 12.3. The molecule has 1 fully saturated rings. The summed E-state index contributed by atoms with van der Waals surface area (Å²) in [5, 5.41) is 6.45. The zero-order chi connectivity index (χ0) is 16.9. The number of carbonyl (C=O) groups excluding carboxylic acids is 2. The van der Waals surface area contributed by atoms with Gasteiger partial charge in [-0.25, -0.2) is 4.79 Å². The number of aromatic nitrogens is 1. The van der Waals surface area contributed by atoms with E-state index in [9.17, 15) is 9.59 Å². The van der Waals surface area contributed by atoms with Crippen LogP contribution in [-0.2, 0) is 9.47 Å². The Balaban J connectivity index is 1.74. The van der Waals surface area contributed by atoms with Crippen molar-refractivity contribution in [3.8, 4) is 0 Å². The first-order valence-corrected chi connectivity index (χ1v) is 7.47. The maximum Gasteiger partial charge on any atom is 0.339 e. The Kier molecular flexibility index (Phi) is 4.76. The molecule has 0 atom stereocenters. The summed E-state index contributed by atoms with van der Waals surface area (Å²) in [4.78, 5) is 26.0. The Labute approximate surface area is 138 Å². The number of nitrogens with zero attached hydrogens (tertiary/aromatic N) is 2. The largest absolute Gasteiger partial charge is 0.465 e. The third-order valence-corrected chi connectivity index (χ3v) is 3.63. The molecule has 1 aliphatic rings. The lowest BCUT2D eigenvalue weighted by molar-refractivity contribution is 0.0602. The number of nitrogens with one attached hydrogen (secondary N) is 1. The van der Waals surface area contributed by atoms with Gasteiger partial charge in [-0.1, -0.05) is 17.3 Å². The summed E-state index contributed by atoms with van der Waals surface area (Å²) in [5.41, 5.74) is 0.756. The lowest BCUT2D eigenvalue weighted by Gasteiger charge is -2.25. The van der Waals surface area contributed by atoms with Crippen molar-refractivity contribution < 1.29 is 23.6 Å². The standard InChI is InChI=1S/C16H17N3O5/c1-22-16(21)11-4-2-3-5-12(11)17-15(20)13-10-14(24-18-13)19-6-8-23-9-7-19/h2-5,10H,6-9H2,1H3,(H,17,20). The smallest absolute Gasteiger partial charge is 0.339 e. The number of anilines is 2. The average Bonchev–Trinajstić information content (AvgIpc) is 3.12. The lowest BCUT2D eigenvalue weighted by atomic mass is 10.1. The third-order valence-electron chi connectivity index (χ3n) is 3.63. The highest BCUT2D eigenvalue weighted by atomic mass is 16.5. The molecule has 0 radical (unpaired) electrons. The molecule has 1 aliphatic heterocycles. The first-order valence-electron chi connectivity index (χ1n) is 7.47. The summed E-state index contributed by atoms with van der Waals surface area (Å²) in [7, 11) is 1.28. The molecule has 24 heavy (non-hydrogen) atoms. The summed E-state index contributed by atoms with van der Waals surface area (Å²) in [6, 6.07) is 8.16. The fourth-order valence-corrected chi connectivity index (χ4v) is 2.37. The van der Waals surface area contributed by atoms with Crippen LogP contribution < -0.4 is 10.2 Å². The summed E-state index contributed by atoms with van der Waals surface area (Å²) >= 11 is 0. The van der Waals surface area contributed by atoms with Crippen molar-refractivity contribution in [2.45, 2.75) is 0 Å². The van der Waals surface area contributed by atoms with Gasteiger partial charge in [0.25, 0.3) is 5.91 Å². The molecule has 2 aromatic rings. The molecule has 8 heteroatoms. The quantitative estimate of drug-likeness (QED) is 0.849. The van der Waals surface area contributed by atoms with E-state index in [2.05, 4.69) is 10.5 Å². The first kappa shape index (κ1) is 16.0. The number of carbonyl (C=O) groups is 2. The molecule has 1 aromatic carbocycles. The van der Waals surface area contributed by atoms with E-state index in [1.165, 1.54) is 7.11 Å². The zero-order valence-electron chi connectivity index (χ0n) is 13.2. The van der Waals surface area contributed by atoms with Gasteiger partial charge in [0.15, 0.2) is 5.69 Å². The Morgan fingerprint density at radius 3 is 2.75 bits per heavy atom. The molecule has 1 saturated heterocycles. The second kappa shape index (κ2) is 7.14. The average molecular weight is 331 g/mol. The highest BCUT2D eigenvalue weighted by Crippen LogP contribution is 2.20. The maximum atomic E-state index is 12.3. The fraction of sp³-hybridized carbons (Fsp3) is 0.312. The first-order chi connectivity index (χ1) is 11.7. The SMILES string of the molecule is COC(=O)c1ccccc1NC(=O)c1cc(N2CCOCC2)on1. The number of rotatable bonds is 4. The van der Waals surface area contributed by atoms with E-state index in [1.807, 2.05) is 4.90 Å². The van der Waals surface area contributed by atoms with Gasteiger partial charge in [-0.2, -0.15) is 0 Å². The summed E-state index contributed by atoms with van der Waals surface area (Å²) in [5.74, 6) is -0.473. The number of ether oxygens (including phenoxy) is 2. The number of para-hydroxylation sites is 1. The van der Waals surface area contributed by atoms with Crippen molar-refractivity contribution >= 4 is 23.4 Å². The van der Waals surface area contributed by atoms with Crippen molar-refractivity contribution in [1.82, 2.24) is 5.16 Å². The van der Waals surface area contributed by atoms with Crippen LogP contribution in [0.1, 0.15) is 20.8 Å². The summed E-state index contributed by atoms with van der Waals surface area (Å²) in [6.45, 7) is 2.58. The highest BCUT2D eigenvalue weighted by Gasteiger charge is 2.20. The Morgan fingerprint density at radius 2 is 2.00 bits per heavy atom. The van der Waals surface area contributed by atoms with Gasteiger partial charge < -0.3 is 24.2 Å². The van der Waals surface area contributed by atoms with Crippen LogP contribution in [0.25, 0.3) is 0 Å². The molecule has 1 aromatic heterocycles. The van der Waals surface area contributed by atoms with Crippen LogP contribution in [0, 0.1) is 0 Å². The number of amides is 1. The van der Waals surface area contributed by atoms with Gasteiger partial charge in [-0.15, -0.1) is 0 Å². The fourth-order valence-electron chi connectivity index (χ4n) is 2.37.